The standard InChI is InChI=1S/C16H18BrClN2O/c1-3-20-16(14-8-12(17)5-6-15(14)18)11-7-13(21-4-2)10-19-9-11/h5-10,16,20H,3-4H2,1-2H3. The number of nitrogens with zero attached hydrogens (tertiary/aromatic N) is 1. The number of hydrogen-bond acceptors (Lipinski definition) is 3. The van der Waals surface area contributed by atoms with Gasteiger partial charge in [0.25, 0.3) is 0 Å². The van der Waals surface area contributed by atoms with E-state index in [9.17, 15) is 0 Å². The predicted molar refractivity (Wildman–Crippen MR) is 90.1 cm³/mol. The maximum atomic E-state index is 6.37. The molecule has 1 N–H and O–H groups in total. The van der Waals surface area contributed by atoms with Gasteiger partial charge in [-0.1, -0.05) is 34.5 Å². The number of rotatable bonds is 6. The molecule has 0 aliphatic heterocycles. The lowest BCUT2D eigenvalue weighted by Crippen LogP contribution is -2.22. The van der Waals surface area contributed by atoms with Crippen molar-refractivity contribution in [2.45, 2.75) is 19.9 Å². The van der Waals surface area contributed by atoms with Crippen molar-refractivity contribution in [3.8, 4) is 5.75 Å². The molecule has 1 heterocycles. The van der Waals surface area contributed by atoms with E-state index in [4.69, 9.17) is 16.3 Å². The van der Waals surface area contributed by atoms with E-state index in [2.05, 4.69) is 33.2 Å². The Labute approximate surface area is 138 Å². The van der Waals surface area contributed by atoms with Crippen LogP contribution in [0.2, 0.25) is 5.02 Å². The Morgan fingerprint density at radius 1 is 1.29 bits per heavy atom. The third kappa shape index (κ3) is 4.19. The first kappa shape index (κ1) is 16.3. The van der Waals surface area contributed by atoms with Gasteiger partial charge in [0.05, 0.1) is 18.8 Å². The maximum absolute atomic E-state index is 6.37. The Morgan fingerprint density at radius 3 is 2.81 bits per heavy atom. The second-order valence-corrected chi connectivity index (χ2v) is 5.87. The molecule has 1 aromatic carbocycles. The van der Waals surface area contributed by atoms with Crippen LogP contribution in [0.15, 0.2) is 41.1 Å². The summed E-state index contributed by atoms with van der Waals surface area (Å²) >= 11 is 9.87. The highest BCUT2D eigenvalue weighted by Crippen LogP contribution is 2.31. The second-order valence-electron chi connectivity index (χ2n) is 4.54. The first-order valence-electron chi connectivity index (χ1n) is 6.91. The largest absolute Gasteiger partial charge is 0.492 e. The Bertz CT molecular complexity index is 607. The monoisotopic (exact) mass is 368 g/mol. The number of ether oxygens (including phenoxy) is 1. The molecule has 0 spiro atoms. The fourth-order valence-corrected chi connectivity index (χ4v) is 2.79. The molecule has 2 aromatic rings. The van der Waals surface area contributed by atoms with Crippen LogP contribution < -0.4 is 10.1 Å². The van der Waals surface area contributed by atoms with Crippen molar-refractivity contribution in [1.82, 2.24) is 10.3 Å². The highest BCUT2D eigenvalue weighted by molar-refractivity contribution is 9.10. The molecule has 0 aliphatic carbocycles. The molecule has 3 nitrogen and oxygen atoms in total. The summed E-state index contributed by atoms with van der Waals surface area (Å²) in [4.78, 5) is 4.26. The van der Waals surface area contributed by atoms with Gasteiger partial charge in [0.15, 0.2) is 0 Å². The van der Waals surface area contributed by atoms with Crippen LogP contribution in [0, 0.1) is 0 Å². The SMILES string of the molecule is CCNC(c1cncc(OCC)c1)c1cc(Br)ccc1Cl. The molecule has 0 amide bonds. The third-order valence-corrected chi connectivity index (χ3v) is 3.89. The highest BCUT2D eigenvalue weighted by Gasteiger charge is 2.17. The minimum atomic E-state index is -0.0205. The summed E-state index contributed by atoms with van der Waals surface area (Å²) in [5, 5.41) is 4.18. The van der Waals surface area contributed by atoms with E-state index in [0.29, 0.717) is 6.61 Å². The molecule has 0 saturated carbocycles. The van der Waals surface area contributed by atoms with Crippen LogP contribution in [-0.2, 0) is 0 Å². The van der Waals surface area contributed by atoms with E-state index in [0.717, 1.165) is 32.9 Å². The van der Waals surface area contributed by atoms with E-state index in [1.165, 1.54) is 0 Å². The van der Waals surface area contributed by atoms with Crippen LogP contribution in [0.4, 0.5) is 0 Å². The van der Waals surface area contributed by atoms with E-state index in [-0.39, 0.29) is 6.04 Å². The van der Waals surface area contributed by atoms with Gasteiger partial charge in [0.2, 0.25) is 0 Å². The second kappa shape index (κ2) is 7.78. The molecule has 0 saturated heterocycles. The predicted octanol–water partition coefficient (Wildman–Crippen LogP) is 4.60. The smallest absolute Gasteiger partial charge is 0.137 e. The summed E-state index contributed by atoms with van der Waals surface area (Å²) in [5.74, 6) is 0.768. The highest BCUT2D eigenvalue weighted by atomic mass is 79.9. The van der Waals surface area contributed by atoms with Crippen molar-refractivity contribution in [3.63, 3.8) is 0 Å². The molecule has 1 aromatic heterocycles. The Kier molecular flexibility index (Phi) is 6.03. The molecule has 0 aliphatic rings. The van der Waals surface area contributed by atoms with Crippen molar-refractivity contribution < 1.29 is 4.74 Å². The van der Waals surface area contributed by atoms with Crippen molar-refractivity contribution >= 4 is 27.5 Å². The molecular weight excluding hydrogens is 352 g/mol. The molecule has 1 unspecified atom stereocenters. The third-order valence-electron chi connectivity index (χ3n) is 3.06. The normalized spacial score (nSPS) is 12.2. The van der Waals surface area contributed by atoms with Crippen LogP contribution in [0.3, 0.4) is 0 Å². The van der Waals surface area contributed by atoms with Gasteiger partial charge in [-0.25, -0.2) is 0 Å². The maximum Gasteiger partial charge on any atom is 0.137 e. The zero-order valence-corrected chi connectivity index (χ0v) is 14.4. The molecule has 1 atom stereocenters. The summed E-state index contributed by atoms with van der Waals surface area (Å²) in [5.41, 5.74) is 2.05. The quantitative estimate of drug-likeness (QED) is 0.808. The van der Waals surface area contributed by atoms with Crippen molar-refractivity contribution in [1.29, 1.82) is 0 Å². The fourth-order valence-electron chi connectivity index (χ4n) is 2.19. The fraction of sp³-hybridized carbons (Fsp3) is 0.312. The van der Waals surface area contributed by atoms with Crippen LogP contribution in [0.25, 0.3) is 0 Å². The van der Waals surface area contributed by atoms with E-state index < -0.39 is 0 Å². The Hall–Kier alpha value is -1.10. The van der Waals surface area contributed by atoms with Gasteiger partial charge in [-0.3, -0.25) is 4.98 Å². The zero-order chi connectivity index (χ0) is 15.2. The molecule has 112 valence electrons. The number of nitrogens with one attached hydrogen (secondary N) is 1. The molecule has 5 heteroatoms. The van der Waals surface area contributed by atoms with Crippen molar-refractivity contribution in [2.24, 2.45) is 0 Å². The lowest BCUT2D eigenvalue weighted by Gasteiger charge is -2.20. The first-order valence-corrected chi connectivity index (χ1v) is 8.08. The topological polar surface area (TPSA) is 34.2 Å². The average Bonchev–Trinajstić information content (AvgIpc) is 2.48. The summed E-state index contributed by atoms with van der Waals surface area (Å²) in [7, 11) is 0. The van der Waals surface area contributed by atoms with Gasteiger partial charge in [-0.05, 0) is 48.9 Å². The van der Waals surface area contributed by atoms with Gasteiger partial charge in [0, 0.05) is 15.7 Å². The summed E-state index contributed by atoms with van der Waals surface area (Å²) in [6.45, 7) is 5.47. The van der Waals surface area contributed by atoms with Gasteiger partial charge in [-0.15, -0.1) is 0 Å². The Morgan fingerprint density at radius 2 is 2.10 bits per heavy atom. The lowest BCUT2D eigenvalue weighted by molar-refractivity contribution is 0.338. The molecule has 2 rings (SSSR count). The molecular formula is C16H18BrClN2O. The minimum Gasteiger partial charge on any atom is -0.492 e. The molecule has 0 bridgehead atoms. The Balaban J connectivity index is 2.42. The van der Waals surface area contributed by atoms with Crippen LogP contribution in [-0.4, -0.2) is 18.1 Å². The number of halogens is 2. The van der Waals surface area contributed by atoms with Gasteiger partial charge in [0.1, 0.15) is 5.75 Å². The number of aromatic nitrogens is 1. The van der Waals surface area contributed by atoms with Crippen LogP contribution in [0.1, 0.15) is 31.0 Å². The molecule has 0 radical (unpaired) electrons. The van der Waals surface area contributed by atoms with Crippen molar-refractivity contribution in [2.75, 3.05) is 13.2 Å². The number of pyridine rings is 1. The minimum absolute atomic E-state index is 0.0205. The van der Waals surface area contributed by atoms with Crippen LogP contribution >= 0.6 is 27.5 Å². The van der Waals surface area contributed by atoms with Crippen LogP contribution in [0.5, 0.6) is 5.75 Å². The van der Waals surface area contributed by atoms with Crippen molar-refractivity contribution in [3.05, 3.63) is 57.3 Å². The lowest BCUT2D eigenvalue weighted by atomic mass is 10.00. The summed E-state index contributed by atoms with van der Waals surface area (Å²) in [6.07, 6.45) is 3.56. The van der Waals surface area contributed by atoms with E-state index in [1.54, 1.807) is 6.20 Å². The van der Waals surface area contributed by atoms with Gasteiger partial charge >= 0.3 is 0 Å². The number of hydrogen-bond donors (Lipinski definition) is 1. The zero-order valence-electron chi connectivity index (χ0n) is 12.1. The molecule has 0 fully saturated rings. The summed E-state index contributed by atoms with van der Waals surface area (Å²) < 4.78 is 6.53. The van der Waals surface area contributed by atoms with Gasteiger partial charge < -0.3 is 10.1 Å². The van der Waals surface area contributed by atoms with E-state index in [1.807, 2.05) is 37.4 Å². The number of benzene rings is 1. The van der Waals surface area contributed by atoms with E-state index >= 15 is 0 Å². The average molecular weight is 370 g/mol. The first-order chi connectivity index (χ1) is 10.2. The van der Waals surface area contributed by atoms with Gasteiger partial charge in [-0.2, -0.15) is 0 Å². The summed E-state index contributed by atoms with van der Waals surface area (Å²) in [6, 6.07) is 7.84. The molecule has 21 heavy (non-hydrogen) atoms.